The third-order valence-electron chi connectivity index (χ3n) is 1.89. The minimum Gasteiger partial charge on any atom is -0.325 e. The lowest BCUT2D eigenvalue weighted by molar-refractivity contribution is 0.149. The molecule has 0 aliphatic heterocycles. The second-order valence-corrected chi connectivity index (χ2v) is 3.88. The first-order valence-electron chi connectivity index (χ1n) is 4.13. The smallest absolute Gasteiger partial charge is 0.265 e. The van der Waals surface area contributed by atoms with Crippen molar-refractivity contribution in [3.8, 4) is 6.07 Å². The van der Waals surface area contributed by atoms with Crippen LogP contribution in [0.3, 0.4) is 0 Å². The fourth-order valence-corrected chi connectivity index (χ4v) is 2.12. The Hall–Kier alpha value is -0.810. The second kappa shape index (κ2) is 5.32. The zero-order valence-electron chi connectivity index (χ0n) is 7.67. The summed E-state index contributed by atoms with van der Waals surface area (Å²) < 4.78 is 25.8. The molecule has 2 N–H and O–H groups in total. The lowest BCUT2D eigenvalue weighted by Gasteiger charge is -2.10. The molecule has 1 rings (SSSR count). The Balaban J connectivity index is 3.32. The number of nitriles is 1. The van der Waals surface area contributed by atoms with E-state index in [9.17, 15) is 8.78 Å². The van der Waals surface area contributed by atoms with Crippen LogP contribution in [-0.2, 0) is 13.0 Å². The molecule has 6 heteroatoms. The molecule has 0 amide bonds. The molecule has 0 spiro atoms. The van der Waals surface area contributed by atoms with E-state index in [1.54, 1.807) is 22.6 Å². The Morgan fingerprint density at radius 2 is 2.27 bits per heavy atom. The number of alkyl halides is 2. The highest BCUT2D eigenvalue weighted by Gasteiger charge is 2.19. The summed E-state index contributed by atoms with van der Waals surface area (Å²) in [5.74, 6) is 0. The van der Waals surface area contributed by atoms with Crippen molar-refractivity contribution in [1.29, 1.82) is 5.26 Å². The number of hydrogen-bond acceptors (Lipinski definition) is 3. The first-order chi connectivity index (χ1) is 7.11. The third kappa shape index (κ3) is 2.60. The normalized spacial score (nSPS) is 10.4. The van der Waals surface area contributed by atoms with Crippen molar-refractivity contribution in [2.75, 3.05) is 0 Å². The van der Waals surface area contributed by atoms with E-state index < -0.39 is 6.43 Å². The Bertz CT molecular complexity index is 401. The highest BCUT2D eigenvalue weighted by molar-refractivity contribution is 14.1. The van der Waals surface area contributed by atoms with E-state index >= 15 is 0 Å². The van der Waals surface area contributed by atoms with E-state index in [0.717, 1.165) is 0 Å². The summed E-state index contributed by atoms with van der Waals surface area (Å²) in [4.78, 5) is 3.94. The maximum atomic E-state index is 12.7. The zero-order chi connectivity index (χ0) is 11.4. The van der Waals surface area contributed by atoms with Crippen LogP contribution in [0.5, 0.6) is 0 Å². The van der Waals surface area contributed by atoms with Crippen LogP contribution in [0, 0.1) is 14.9 Å². The number of nitrogens with zero attached hydrogens (tertiary/aromatic N) is 2. The highest BCUT2D eigenvalue weighted by atomic mass is 127. The fourth-order valence-electron chi connectivity index (χ4n) is 1.18. The molecule has 0 radical (unpaired) electrons. The summed E-state index contributed by atoms with van der Waals surface area (Å²) >= 11 is 1.79. The number of hydrogen-bond donors (Lipinski definition) is 1. The molecule has 1 aromatic heterocycles. The molecule has 0 bridgehead atoms. The van der Waals surface area contributed by atoms with Crippen LogP contribution in [0.4, 0.5) is 8.78 Å². The number of nitrogens with two attached hydrogens (primary N) is 1. The SMILES string of the molecule is N#CCc1cnc(CN)c(I)c1C(F)F. The topological polar surface area (TPSA) is 62.7 Å². The van der Waals surface area contributed by atoms with E-state index in [-0.39, 0.29) is 24.1 Å². The summed E-state index contributed by atoms with van der Waals surface area (Å²) in [5, 5.41) is 8.49. The minimum atomic E-state index is -2.60. The lowest BCUT2D eigenvalue weighted by Crippen LogP contribution is -2.08. The Kier molecular flexibility index (Phi) is 4.35. The number of halogens is 3. The molecule has 1 aromatic rings. The lowest BCUT2D eigenvalue weighted by atomic mass is 10.1. The van der Waals surface area contributed by atoms with Gasteiger partial charge in [-0.05, 0) is 28.2 Å². The molecular weight excluding hydrogens is 315 g/mol. The largest absolute Gasteiger partial charge is 0.325 e. The van der Waals surface area contributed by atoms with Gasteiger partial charge in [0.1, 0.15) is 0 Å². The van der Waals surface area contributed by atoms with Crippen LogP contribution in [0.1, 0.15) is 23.2 Å². The summed E-state index contributed by atoms with van der Waals surface area (Å²) in [6.07, 6.45) is -1.36. The van der Waals surface area contributed by atoms with Crippen molar-refractivity contribution in [2.45, 2.75) is 19.4 Å². The average molecular weight is 323 g/mol. The van der Waals surface area contributed by atoms with Gasteiger partial charge in [0.05, 0.1) is 18.2 Å². The van der Waals surface area contributed by atoms with Crippen LogP contribution < -0.4 is 5.73 Å². The molecule has 0 atom stereocenters. The fraction of sp³-hybridized carbons (Fsp3) is 0.333. The second-order valence-electron chi connectivity index (χ2n) is 2.80. The average Bonchev–Trinajstić information content (AvgIpc) is 2.18. The Morgan fingerprint density at radius 3 is 2.73 bits per heavy atom. The van der Waals surface area contributed by atoms with Gasteiger partial charge in [-0.15, -0.1) is 0 Å². The van der Waals surface area contributed by atoms with Crippen LogP contribution in [-0.4, -0.2) is 4.98 Å². The summed E-state index contributed by atoms with van der Waals surface area (Å²) in [6.45, 7) is 0.116. The van der Waals surface area contributed by atoms with E-state index in [1.807, 2.05) is 6.07 Å². The molecule has 0 aromatic carbocycles. The van der Waals surface area contributed by atoms with Gasteiger partial charge in [0.2, 0.25) is 0 Å². The van der Waals surface area contributed by atoms with Crippen LogP contribution in [0.15, 0.2) is 6.20 Å². The van der Waals surface area contributed by atoms with Crippen LogP contribution >= 0.6 is 22.6 Å². The van der Waals surface area contributed by atoms with E-state index in [1.165, 1.54) is 6.20 Å². The maximum Gasteiger partial charge on any atom is 0.265 e. The molecule has 15 heavy (non-hydrogen) atoms. The van der Waals surface area contributed by atoms with Gasteiger partial charge in [-0.1, -0.05) is 0 Å². The summed E-state index contributed by atoms with van der Waals surface area (Å²) in [5.41, 5.74) is 5.96. The third-order valence-corrected chi connectivity index (χ3v) is 3.10. The first kappa shape index (κ1) is 12.3. The zero-order valence-corrected chi connectivity index (χ0v) is 9.83. The van der Waals surface area contributed by atoms with Gasteiger partial charge in [0.25, 0.3) is 6.43 Å². The molecule has 0 saturated carbocycles. The monoisotopic (exact) mass is 323 g/mol. The molecule has 0 unspecified atom stereocenters. The Morgan fingerprint density at radius 1 is 1.60 bits per heavy atom. The van der Waals surface area contributed by atoms with Gasteiger partial charge < -0.3 is 5.73 Å². The predicted molar refractivity (Wildman–Crippen MR) is 59.1 cm³/mol. The quantitative estimate of drug-likeness (QED) is 0.867. The van der Waals surface area contributed by atoms with Crippen molar-refractivity contribution in [2.24, 2.45) is 5.73 Å². The summed E-state index contributed by atoms with van der Waals surface area (Å²) in [7, 11) is 0. The molecule has 3 nitrogen and oxygen atoms in total. The minimum absolute atomic E-state index is 0.0620. The van der Waals surface area contributed by atoms with Crippen molar-refractivity contribution < 1.29 is 8.78 Å². The predicted octanol–water partition coefficient (Wildman–Crippen LogP) is 2.15. The summed E-state index contributed by atoms with van der Waals surface area (Å²) in [6, 6.07) is 1.84. The molecule has 0 aliphatic rings. The van der Waals surface area contributed by atoms with Crippen molar-refractivity contribution >= 4 is 22.6 Å². The van der Waals surface area contributed by atoms with E-state index in [0.29, 0.717) is 9.26 Å². The molecular formula is C9H8F2IN3. The van der Waals surface area contributed by atoms with Gasteiger partial charge in [-0.25, -0.2) is 8.78 Å². The van der Waals surface area contributed by atoms with Gasteiger partial charge in [0.15, 0.2) is 0 Å². The van der Waals surface area contributed by atoms with E-state index in [4.69, 9.17) is 11.0 Å². The molecule has 0 aliphatic carbocycles. The van der Waals surface area contributed by atoms with Gasteiger partial charge in [-0.2, -0.15) is 5.26 Å². The maximum absolute atomic E-state index is 12.7. The number of rotatable bonds is 3. The Labute approximate surface area is 99.4 Å². The van der Waals surface area contributed by atoms with Crippen LogP contribution in [0.2, 0.25) is 0 Å². The van der Waals surface area contributed by atoms with Gasteiger partial charge >= 0.3 is 0 Å². The first-order valence-corrected chi connectivity index (χ1v) is 5.21. The van der Waals surface area contributed by atoms with Gasteiger partial charge in [0, 0.05) is 21.9 Å². The van der Waals surface area contributed by atoms with Crippen molar-refractivity contribution in [3.05, 3.63) is 26.6 Å². The van der Waals surface area contributed by atoms with Gasteiger partial charge in [-0.3, -0.25) is 4.98 Å². The number of pyridine rings is 1. The molecule has 0 saturated heterocycles. The molecule has 0 fully saturated rings. The highest BCUT2D eigenvalue weighted by Crippen LogP contribution is 2.29. The number of aromatic nitrogens is 1. The molecule has 80 valence electrons. The van der Waals surface area contributed by atoms with E-state index in [2.05, 4.69) is 4.98 Å². The van der Waals surface area contributed by atoms with Crippen molar-refractivity contribution in [1.82, 2.24) is 4.98 Å². The van der Waals surface area contributed by atoms with Crippen molar-refractivity contribution in [3.63, 3.8) is 0 Å². The van der Waals surface area contributed by atoms with Crippen LogP contribution in [0.25, 0.3) is 0 Å². The standard InChI is InChI=1S/C9H8F2IN3/c10-9(11)7-5(1-2-13)4-15-6(3-14)8(7)12/h4,9H,1,3,14H2. The molecule has 1 heterocycles.